The van der Waals surface area contributed by atoms with E-state index in [-0.39, 0.29) is 0 Å². The van der Waals surface area contributed by atoms with Crippen molar-refractivity contribution in [3.63, 3.8) is 0 Å². The number of piperidine rings is 1. The van der Waals surface area contributed by atoms with Crippen LogP contribution in [0, 0.1) is 5.92 Å². The molecule has 2 unspecified atom stereocenters. The molecule has 1 fully saturated rings. The van der Waals surface area contributed by atoms with E-state index in [1.807, 2.05) is 6.20 Å². The van der Waals surface area contributed by atoms with Crippen LogP contribution < -0.4 is 10.2 Å². The molecule has 2 atom stereocenters. The zero-order chi connectivity index (χ0) is 14.5. The maximum Gasteiger partial charge on any atom is 0.133 e. The standard InChI is InChI=1S/C15H24BrN3O/c1-4-17-8-12-7-13(16)9-18-15(12)19-6-5-11(2)14(10-19)20-3/h7,9,11,14,17H,4-6,8,10H2,1-3H3. The van der Waals surface area contributed by atoms with Crippen LogP contribution in [0.4, 0.5) is 5.82 Å². The maximum atomic E-state index is 5.61. The number of halogens is 1. The molecule has 1 saturated heterocycles. The van der Waals surface area contributed by atoms with Gasteiger partial charge < -0.3 is 15.0 Å². The molecule has 1 aliphatic rings. The van der Waals surface area contributed by atoms with Crippen LogP contribution in [0.3, 0.4) is 0 Å². The highest BCUT2D eigenvalue weighted by atomic mass is 79.9. The van der Waals surface area contributed by atoms with Crippen molar-refractivity contribution in [1.82, 2.24) is 10.3 Å². The Hall–Kier alpha value is -0.650. The minimum absolute atomic E-state index is 0.293. The molecule has 0 aromatic carbocycles. The first-order chi connectivity index (χ1) is 9.65. The zero-order valence-electron chi connectivity index (χ0n) is 12.5. The largest absolute Gasteiger partial charge is 0.379 e. The van der Waals surface area contributed by atoms with Gasteiger partial charge in [-0.15, -0.1) is 0 Å². The van der Waals surface area contributed by atoms with Crippen molar-refractivity contribution in [2.24, 2.45) is 5.92 Å². The Balaban J connectivity index is 2.18. The molecule has 2 rings (SSSR count). The number of methoxy groups -OCH3 is 1. The van der Waals surface area contributed by atoms with Crippen LogP contribution in [-0.2, 0) is 11.3 Å². The van der Waals surface area contributed by atoms with E-state index in [4.69, 9.17) is 4.74 Å². The molecule has 4 nitrogen and oxygen atoms in total. The molecule has 0 radical (unpaired) electrons. The second-order valence-corrected chi connectivity index (χ2v) is 6.32. The number of pyridine rings is 1. The highest BCUT2D eigenvalue weighted by Gasteiger charge is 2.27. The van der Waals surface area contributed by atoms with Gasteiger partial charge in [0.05, 0.1) is 6.10 Å². The van der Waals surface area contributed by atoms with Gasteiger partial charge in [-0.3, -0.25) is 0 Å². The summed E-state index contributed by atoms with van der Waals surface area (Å²) in [7, 11) is 1.80. The molecule has 2 heterocycles. The second kappa shape index (κ2) is 7.38. The van der Waals surface area contributed by atoms with E-state index in [0.717, 1.165) is 42.9 Å². The first-order valence-electron chi connectivity index (χ1n) is 7.28. The lowest BCUT2D eigenvalue weighted by Gasteiger charge is -2.37. The van der Waals surface area contributed by atoms with Gasteiger partial charge in [0.25, 0.3) is 0 Å². The lowest BCUT2D eigenvalue weighted by molar-refractivity contribution is 0.0496. The summed E-state index contributed by atoms with van der Waals surface area (Å²) in [6, 6.07) is 2.16. The van der Waals surface area contributed by atoms with Crippen LogP contribution in [0.25, 0.3) is 0 Å². The summed E-state index contributed by atoms with van der Waals surface area (Å²) >= 11 is 3.51. The third kappa shape index (κ3) is 3.71. The van der Waals surface area contributed by atoms with Crippen LogP contribution in [0.2, 0.25) is 0 Å². The average molecular weight is 342 g/mol. The molecular weight excluding hydrogens is 318 g/mol. The molecule has 0 bridgehead atoms. The molecule has 1 aromatic rings. The number of aromatic nitrogens is 1. The van der Waals surface area contributed by atoms with Crippen LogP contribution in [0.15, 0.2) is 16.7 Å². The van der Waals surface area contributed by atoms with E-state index in [2.05, 4.69) is 51.0 Å². The van der Waals surface area contributed by atoms with Crippen molar-refractivity contribution in [3.05, 3.63) is 22.3 Å². The molecule has 5 heteroatoms. The predicted molar refractivity (Wildman–Crippen MR) is 86.1 cm³/mol. The van der Waals surface area contributed by atoms with Crippen LogP contribution in [0.5, 0.6) is 0 Å². The summed E-state index contributed by atoms with van der Waals surface area (Å²) in [6.07, 6.45) is 3.32. The van der Waals surface area contributed by atoms with Crippen LogP contribution >= 0.6 is 15.9 Å². The number of hydrogen-bond donors (Lipinski definition) is 1. The molecule has 112 valence electrons. The minimum atomic E-state index is 0.293. The number of rotatable bonds is 5. The number of hydrogen-bond acceptors (Lipinski definition) is 4. The Labute approximate surface area is 130 Å². The van der Waals surface area contributed by atoms with Gasteiger partial charge in [-0.1, -0.05) is 13.8 Å². The zero-order valence-corrected chi connectivity index (χ0v) is 14.1. The van der Waals surface area contributed by atoms with E-state index < -0.39 is 0 Å². The summed E-state index contributed by atoms with van der Waals surface area (Å²) in [5.74, 6) is 1.70. The number of nitrogens with one attached hydrogen (secondary N) is 1. The van der Waals surface area contributed by atoms with Crippen LogP contribution in [-0.4, -0.2) is 37.8 Å². The summed E-state index contributed by atoms with van der Waals surface area (Å²) in [5, 5.41) is 3.39. The van der Waals surface area contributed by atoms with E-state index in [9.17, 15) is 0 Å². The second-order valence-electron chi connectivity index (χ2n) is 5.40. The topological polar surface area (TPSA) is 37.4 Å². The fourth-order valence-corrected chi connectivity index (χ4v) is 3.06. The molecule has 0 amide bonds. The Morgan fingerprint density at radius 3 is 3.05 bits per heavy atom. The summed E-state index contributed by atoms with van der Waals surface area (Å²) in [6.45, 7) is 8.17. The minimum Gasteiger partial charge on any atom is -0.379 e. The fourth-order valence-electron chi connectivity index (χ4n) is 2.68. The highest BCUT2D eigenvalue weighted by Crippen LogP contribution is 2.27. The van der Waals surface area contributed by atoms with Crippen molar-refractivity contribution < 1.29 is 4.74 Å². The molecule has 0 saturated carbocycles. The van der Waals surface area contributed by atoms with Gasteiger partial charge in [0.1, 0.15) is 5.82 Å². The maximum absolute atomic E-state index is 5.61. The molecule has 20 heavy (non-hydrogen) atoms. The number of anilines is 1. The highest BCUT2D eigenvalue weighted by molar-refractivity contribution is 9.10. The third-order valence-electron chi connectivity index (χ3n) is 3.97. The van der Waals surface area contributed by atoms with Gasteiger partial charge >= 0.3 is 0 Å². The lowest BCUT2D eigenvalue weighted by atomic mass is 9.95. The molecule has 0 aliphatic carbocycles. The number of ether oxygens (including phenoxy) is 1. The SMILES string of the molecule is CCNCc1cc(Br)cnc1N1CCC(C)C(OC)C1. The van der Waals surface area contributed by atoms with Gasteiger partial charge in [0.2, 0.25) is 0 Å². The summed E-state index contributed by atoms with van der Waals surface area (Å²) < 4.78 is 6.64. The smallest absolute Gasteiger partial charge is 0.133 e. The van der Waals surface area contributed by atoms with Crippen molar-refractivity contribution in [1.29, 1.82) is 0 Å². The quantitative estimate of drug-likeness (QED) is 0.893. The Bertz CT molecular complexity index is 441. The number of nitrogens with zero attached hydrogens (tertiary/aromatic N) is 2. The third-order valence-corrected chi connectivity index (χ3v) is 4.40. The van der Waals surface area contributed by atoms with Crippen molar-refractivity contribution >= 4 is 21.7 Å². The van der Waals surface area contributed by atoms with E-state index in [1.165, 1.54) is 5.56 Å². The molecule has 1 aromatic heterocycles. The Morgan fingerprint density at radius 2 is 2.35 bits per heavy atom. The average Bonchev–Trinajstić information content (AvgIpc) is 2.46. The van der Waals surface area contributed by atoms with Gasteiger partial charge in [0.15, 0.2) is 0 Å². The molecular formula is C15H24BrN3O. The molecule has 0 spiro atoms. The first-order valence-corrected chi connectivity index (χ1v) is 8.07. The van der Waals surface area contributed by atoms with Crippen molar-refractivity contribution in [2.75, 3.05) is 31.6 Å². The summed E-state index contributed by atoms with van der Waals surface area (Å²) in [5.41, 5.74) is 1.24. The normalized spacial score (nSPS) is 23.1. The fraction of sp³-hybridized carbons (Fsp3) is 0.667. The molecule has 1 N–H and O–H groups in total. The monoisotopic (exact) mass is 341 g/mol. The first kappa shape index (κ1) is 15.7. The van der Waals surface area contributed by atoms with Gasteiger partial charge in [-0.25, -0.2) is 4.98 Å². The summed E-state index contributed by atoms with van der Waals surface area (Å²) in [4.78, 5) is 6.99. The van der Waals surface area contributed by atoms with E-state index in [1.54, 1.807) is 7.11 Å². The van der Waals surface area contributed by atoms with Gasteiger partial charge in [-0.2, -0.15) is 0 Å². The Morgan fingerprint density at radius 1 is 1.55 bits per heavy atom. The van der Waals surface area contributed by atoms with Crippen LogP contribution in [0.1, 0.15) is 25.8 Å². The van der Waals surface area contributed by atoms with Gasteiger partial charge in [-0.05, 0) is 40.9 Å². The predicted octanol–water partition coefficient (Wildman–Crippen LogP) is 2.81. The van der Waals surface area contributed by atoms with Crippen molar-refractivity contribution in [2.45, 2.75) is 32.9 Å². The van der Waals surface area contributed by atoms with Gasteiger partial charge in [0, 0.05) is 43.0 Å². The van der Waals surface area contributed by atoms with Crippen molar-refractivity contribution in [3.8, 4) is 0 Å². The molecule has 1 aliphatic heterocycles. The Kier molecular flexibility index (Phi) is 5.81. The van der Waals surface area contributed by atoms with E-state index >= 15 is 0 Å². The lowest BCUT2D eigenvalue weighted by Crippen LogP contribution is -2.44. The van der Waals surface area contributed by atoms with E-state index in [0.29, 0.717) is 12.0 Å².